The first-order chi connectivity index (χ1) is 9.93. The van der Waals surface area contributed by atoms with Gasteiger partial charge >= 0.3 is 0 Å². The van der Waals surface area contributed by atoms with Crippen LogP contribution in [0.3, 0.4) is 0 Å². The van der Waals surface area contributed by atoms with Crippen LogP contribution in [0.1, 0.15) is 11.1 Å². The molecule has 0 aliphatic carbocycles. The Balaban J connectivity index is 2.52. The summed E-state index contributed by atoms with van der Waals surface area (Å²) < 4.78 is 19.8. The fourth-order valence-corrected chi connectivity index (χ4v) is 2.46. The highest BCUT2D eigenvalue weighted by molar-refractivity contribution is 9.10. The Morgan fingerprint density at radius 1 is 1.43 bits per heavy atom. The number of hydrogen-bond acceptors (Lipinski definition) is 3. The van der Waals surface area contributed by atoms with Crippen LogP contribution in [0, 0.1) is 12.7 Å². The van der Waals surface area contributed by atoms with E-state index in [0.717, 1.165) is 11.6 Å². The second kappa shape index (κ2) is 6.32. The quantitative estimate of drug-likeness (QED) is 0.275. The van der Waals surface area contributed by atoms with E-state index in [1.165, 1.54) is 6.07 Å². The summed E-state index contributed by atoms with van der Waals surface area (Å²) in [4.78, 5) is 0. The molecule has 110 valence electrons. The van der Waals surface area contributed by atoms with E-state index in [-0.39, 0.29) is 16.6 Å². The van der Waals surface area contributed by atoms with E-state index >= 15 is 0 Å². The molecule has 0 aromatic heterocycles. The van der Waals surface area contributed by atoms with Gasteiger partial charge in [-0.3, -0.25) is 0 Å². The highest BCUT2D eigenvalue weighted by atomic mass is 79.9. The minimum absolute atomic E-state index is 0.0179. The Kier molecular flexibility index (Phi) is 4.69. The maximum Gasteiger partial charge on any atom is 0.173 e. The second-order valence-corrected chi connectivity index (χ2v) is 5.50. The van der Waals surface area contributed by atoms with Crippen molar-refractivity contribution in [2.75, 3.05) is 0 Å². The lowest BCUT2D eigenvalue weighted by molar-refractivity contribution is 0.318. The fraction of sp³-hybridized carbons (Fsp3) is 0.0714. The van der Waals surface area contributed by atoms with Gasteiger partial charge in [0.15, 0.2) is 5.84 Å². The van der Waals surface area contributed by atoms with E-state index in [1.54, 1.807) is 25.1 Å². The average molecular weight is 374 g/mol. The number of ether oxygens (including phenoxy) is 1. The molecule has 0 fully saturated rings. The van der Waals surface area contributed by atoms with Crippen LogP contribution in [0.5, 0.6) is 11.5 Å². The van der Waals surface area contributed by atoms with E-state index in [2.05, 4.69) is 21.1 Å². The van der Waals surface area contributed by atoms with Crippen LogP contribution in [0.15, 0.2) is 40.0 Å². The number of nitrogens with zero attached hydrogens (tertiary/aromatic N) is 1. The SMILES string of the molecule is Cc1cccc(/C(N)=N/O)c1Oc1cc(F)c(Cl)cc1Br. The number of halogens is 3. The summed E-state index contributed by atoms with van der Waals surface area (Å²) in [6.45, 7) is 1.80. The maximum atomic E-state index is 13.6. The smallest absolute Gasteiger partial charge is 0.173 e. The van der Waals surface area contributed by atoms with Gasteiger partial charge in [-0.2, -0.15) is 0 Å². The summed E-state index contributed by atoms with van der Waals surface area (Å²) in [7, 11) is 0. The van der Waals surface area contributed by atoms with Gasteiger partial charge in [0, 0.05) is 6.07 Å². The van der Waals surface area contributed by atoms with Crippen LogP contribution in [-0.4, -0.2) is 11.0 Å². The van der Waals surface area contributed by atoms with Gasteiger partial charge in [-0.05, 0) is 40.5 Å². The predicted octanol–water partition coefficient (Wildman–Crippen LogP) is 4.44. The Bertz CT molecular complexity index is 722. The number of oxime groups is 1. The third-order valence-corrected chi connectivity index (χ3v) is 3.69. The van der Waals surface area contributed by atoms with Gasteiger partial charge in [-0.25, -0.2) is 4.39 Å². The molecule has 0 spiro atoms. The molecular weight excluding hydrogens is 363 g/mol. The molecule has 4 nitrogen and oxygen atoms in total. The summed E-state index contributed by atoms with van der Waals surface area (Å²) in [5.74, 6) is -0.0959. The molecule has 0 aliphatic heterocycles. The Labute approximate surface area is 134 Å². The Morgan fingerprint density at radius 3 is 2.81 bits per heavy atom. The Morgan fingerprint density at radius 2 is 2.14 bits per heavy atom. The minimum Gasteiger partial charge on any atom is -0.455 e. The molecule has 0 unspecified atom stereocenters. The van der Waals surface area contributed by atoms with Gasteiger partial charge in [0.2, 0.25) is 0 Å². The monoisotopic (exact) mass is 372 g/mol. The molecule has 0 saturated carbocycles. The van der Waals surface area contributed by atoms with Crippen LogP contribution in [0.25, 0.3) is 0 Å². The van der Waals surface area contributed by atoms with Crippen molar-refractivity contribution >= 4 is 33.4 Å². The third kappa shape index (κ3) is 3.28. The molecule has 3 N–H and O–H groups in total. The molecule has 21 heavy (non-hydrogen) atoms. The van der Waals surface area contributed by atoms with Crippen molar-refractivity contribution in [2.24, 2.45) is 10.9 Å². The average Bonchev–Trinajstić information content (AvgIpc) is 2.45. The van der Waals surface area contributed by atoms with Gasteiger partial charge in [0.05, 0.1) is 15.1 Å². The summed E-state index contributed by atoms with van der Waals surface area (Å²) in [6, 6.07) is 7.73. The number of hydrogen-bond donors (Lipinski definition) is 2. The van der Waals surface area contributed by atoms with Crippen molar-refractivity contribution in [2.45, 2.75) is 6.92 Å². The highest BCUT2D eigenvalue weighted by Gasteiger charge is 2.15. The number of nitrogens with two attached hydrogens (primary N) is 1. The highest BCUT2D eigenvalue weighted by Crippen LogP contribution is 2.36. The number of benzene rings is 2. The number of amidine groups is 1. The lowest BCUT2D eigenvalue weighted by Crippen LogP contribution is -2.14. The van der Waals surface area contributed by atoms with E-state index in [4.69, 9.17) is 27.3 Å². The van der Waals surface area contributed by atoms with Gasteiger partial charge in [0.25, 0.3) is 0 Å². The van der Waals surface area contributed by atoms with Crippen LogP contribution >= 0.6 is 27.5 Å². The van der Waals surface area contributed by atoms with Crippen molar-refractivity contribution in [3.8, 4) is 11.5 Å². The zero-order valence-electron chi connectivity index (χ0n) is 10.9. The van der Waals surface area contributed by atoms with Crippen molar-refractivity contribution in [1.29, 1.82) is 0 Å². The van der Waals surface area contributed by atoms with Crippen molar-refractivity contribution in [3.05, 3.63) is 56.8 Å². The van der Waals surface area contributed by atoms with Crippen molar-refractivity contribution in [3.63, 3.8) is 0 Å². The number of para-hydroxylation sites is 1. The van der Waals surface area contributed by atoms with Gasteiger partial charge in [-0.15, -0.1) is 0 Å². The summed E-state index contributed by atoms with van der Waals surface area (Å²) in [5.41, 5.74) is 6.78. The van der Waals surface area contributed by atoms with Crippen molar-refractivity contribution < 1.29 is 14.3 Å². The van der Waals surface area contributed by atoms with Crippen LogP contribution in [-0.2, 0) is 0 Å². The summed E-state index contributed by atoms with van der Waals surface area (Å²) >= 11 is 8.95. The van der Waals surface area contributed by atoms with Crippen molar-refractivity contribution in [1.82, 2.24) is 0 Å². The summed E-state index contributed by atoms with van der Waals surface area (Å²) in [6.07, 6.45) is 0. The fourth-order valence-electron chi connectivity index (χ4n) is 1.74. The first kappa shape index (κ1) is 15.6. The topological polar surface area (TPSA) is 67.8 Å². The second-order valence-electron chi connectivity index (χ2n) is 4.24. The zero-order valence-corrected chi connectivity index (χ0v) is 13.2. The lowest BCUT2D eigenvalue weighted by Gasteiger charge is -2.14. The molecule has 0 radical (unpaired) electrons. The lowest BCUT2D eigenvalue weighted by atomic mass is 10.1. The molecule has 0 aliphatic rings. The molecule has 0 heterocycles. The molecule has 0 saturated heterocycles. The van der Waals surface area contributed by atoms with E-state index < -0.39 is 5.82 Å². The maximum absolute atomic E-state index is 13.6. The van der Waals surface area contributed by atoms with E-state index in [9.17, 15) is 4.39 Å². The molecule has 0 atom stereocenters. The molecule has 2 aromatic rings. The predicted molar refractivity (Wildman–Crippen MR) is 82.9 cm³/mol. The zero-order chi connectivity index (χ0) is 15.6. The first-order valence-corrected chi connectivity index (χ1v) is 7.01. The van der Waals surface area contributed by atoms with Gasteiger partial charge in [-0.1, -0.05) is 28.9 Å². The van der Waals surface area contributed by atoms with Crippen LogP contribution in [0.2, 0.25) is 5.02 Å². The number of aryl methyl sites for hydroxylation is 1. The molecule has 7 heteroatoms. The van der Waals surface area contributed by atoms with Gasteiger partial charge in [0.1, 0.15) is 17.3 Å². The molecule has 0 amide bonds. The van der Waals surface area contributed by atoms with Crippen LogP contribution < -0.4 is 10.5 Å². The molecule has 0 bridgehead atoms. The van der Waals surface area contributed by atoms with Gasteiger partial charge < -0.3 is 15.7 Å². The third-order valence-electron chi connectivity index (χ3n) is 2.78. The molecule has 2 rings (SSSR count). The van der Waals surface area contributed by atoms with E-state index in [1.807, 2.05) is 0 Å². The first-order valence-electron chi connectivity index (χ1n) is 5.84. The normalized spacial score (nSPS) is 11.5. The minimum atomic E-state index is -0.603. The summed E-state index contributed by atoms with van der Waals surface area (Å²) in [5, 5.41) is 11.8. The largest absolute Gasteiger partial charge is 0.455 e. The molecular formula is C14H11BrClFN2O2. The van der Waals surface area contributed by atoms with E-state index in [0.29, 0.717) is 15.8 Å². The van der Waals surface area contributed by atoms with Crippen LogP contribution in [0.4, 0.5) is 4.39 Å². The number of rotatable bonds is 3. The Hall–Kier alpha value is -1.79. The standard InChI is InChI=1S/C14H11BrClFN2O2/c1-7-3-2-4-8(14(18)19-20)13(7)21-12-6-11(17)10(16)5-9(12)15/h2-6,20H,1H3,(H2,18,19). The molecule has 2 aromatic carbocycles.